The highest BCUT2D eigenvalue weighted by Gasteiger charge is 2.43. The summed E-state index contributed by atoms with van der Waals surface area (Å²) in [5.41, 5.74) is 1.29. The van der Waals surface area contributed by atoms with Gasteiger partial charge in [0.1, 0.15) is 11.6 Å². The number of nitrogens with one attached hydrogen (secondary N) is 1. The average Bonchev–Trinajstić information content (AvgIpc) is 2.92. The number of urea groups is 1. The number of carbonyl (C=O) groups is 1. The molecule has 142 valence electrons. The van der Waals surface area contributed by atoms with E-state index >= 15 is 0 Å². The molecule has 10 heteroatoms. The number of rotatable bonds is 2. The molecule has 2 aromatic rings. The molecule has 4 rings (SSSR count). The SMILES string of the molecule is O=C(Nc1ccc(OC(F)(F)F)cn1)N1C2CCC1c1ccnc(F)c1C2. The number of anilines is 1. The molecule has 0 radical (unpaired) electrons. The van der Waals surface area contributed by atoms with Crippen molar-refractivity contribution < 1.29 is 27.1 Å². The summed E-state index contributed by atoms with van der Waals surface area (Å²) in [6, 6.07) is 3.16. The Bertz CT molecular complexity index is 872. The minimum atomic E-state index is -4.81. The van der Waals surface area contributed by atoms with Crippen molar-refractivity contribution in [2.45, 2.75) is 37.7 Å². The van der Waals surface area contributed by atoms with E-state index in [1.54, 1.807) is 11.0 Å². The number of hydrogen-bond acceptors (Lipinski definition) is 4. The third-order valence-corrected chi connectivity index (χ3v) is 4.78. The van der Waals surface area contributed by atoms with Gasteiger partial charge < -0.3 is 9.64 Å². The summed E-state index contributed by atoms with van der Waals surface area (Å²) in [6.45, 7) is 0. The van der Waals surface area contributed by atoms with Crippen LogP contribution in [0.25, 0.3) is 0 Å². The lowest BCUT2D eigenvalue weighted by Gasteiger charge is -2.36. The van der Waals surface area contributed by atoms with E-state index in [4.69, 9.17) is 0 Å². The monoisotopic (exact) mass is 382 g/mol. The van der Waals surface area contributed by atoms with Gasteiger partial charge in [0.05, 0.1) is 12.2 Å². The lowest BCUT2D eigenvalue weighted by molar-refractivity contribution is -0.274. The zero-order valence-electron chi connectivity index (χ0n) is 13.8. The van der Waals surface area contributed by atoms with Crippen molar-refractivity contribution in [2.24, 2.45) is 0 Å². The van der Waals surface area contributed by atoms with Crippen molar-refractivity contribution in [3.8, 4) is 5.75 Å². The fourth-order valence-corrected chi connectivity index (χ4v) is 3.75. The second-order valence-corrected chi connectivity index (χ2v) is 6.39. The molecule has 0 saturated carbocycles. The molecule has 27 heavy (non-hydrogen) atoms. The number of nitrogens with zero attached hydrogens (tertiary/aromatic N) is 3. The van der Waals surface area contributed by atoms with Gasteiger partial charge >= 0.3 is 12.4 Å². The van der Waals surface area contributed by atoms with E-state index in [0.717, 1.165) is 24.2 Å². The molecule has 2 amide bonds. The number of alkyl halides is 3. The van der Waals surface area contributed by atoms with Gasteiger partial charge in [0.25, 0.3) is 0 Å². The Morgan fingerprint density at radius 2 is 2.04 bits per heavy atom. The average molecular weight is 382 g/mol. The number of aromatic nitrogens is 2. The van der Waals surface area contributed by atoms with Gasteiger partial charge in [-0.05, 0) is 43.0 Å². The van der Waals surface area contributed by atoms with E-state index in [2.05, 4.69) is 20.0 Å². The topological polar surface area (TPSA) is 67.3 Å². The van der Waals surface area contributed by atoms with Crippen molar-refractivity contribution in [1.82, 2.24) is 14.9 Å². The molecule has 2 aliphatic rings. The number of halogens is 4. The highest BCUT2D eigenvalue weighted by atomic mass is 19.4. The van der Waals surface area contributed by atoms with E-state index in [-0.39, 0.29) is 17.9 Å². The standard InChI is InChI=1S/C17H14F4N4O2/c18-15-12-7-9-1-3-13(11(12)5-6-22-15)25(9)16(26)24-14-4-2-10(8-23-14)27-17(19,20)21/h2,4-6,8-9,13H,1,3,7H2,(H,23,24,26). The van der Waals surface area contributed by atoms with Crippen molar-refractivity contribution in [3.63, 3.8) is 0 Å². The number of ether oxygens (including phenoxy) is 1. The third-order valence-electron chi connectivity index (χ3n) is 4.78. The molecule has 1 fully saturated rings. The van der Waals surface area contributed by atoms with Gasteiger partial charge in [-0.2, -0.15) is 4.39 Å². The lowest BCUT2D eigenvalue weighted by Crippen LogP contribution is -2.44. The molecule has 0 spiro atoms. The predicted octanol–water partition coefficient (Wildman–Crippen LogP) is 3.81. The molecule has 0 aliphatic carbocycles. The van der Waals surface area contributed by atoms with E-state index in [1.165, 1.54) is 12.3 Å². The van der Waals surface area contributed by atoms with Crippen LogP contribution in [0.1, 0.15) is 30.0 Å². The van der Waals surface area contributed by atoms with Gasteiger partial charge in [0, 0.05) is 17.8 Å². The van der Waals surface area contributed by atoms with E-state index < -0.39 is 24.1 Å². The Labute approximate surface area is 151 Å². The molecule has 2 atom stereocenters. The van der Waals surface area contributed by atoms with Gasteiger partial charge in [0.2, 0.25) is 5.95 Å². The molecule has 1 saturated heterocycles. The fraction of sp³-hybridized carbons (Fsp3) is 0.353. The Morgan fingerprint density at radius 1 is 1.22 bits per heavy atom. The second kappa shape index (κ2) is 6.36. The second-order valence-electron chi connectivity index (χ2n) is 6.39. The molecule has 6 nitrogen and oxygen atoms in total. The molecule has 2 unspecified atom stereocenters. The van der Waals surface area contributed by atoms with Crippen LogP contribution < -0.4 is 10.1 Å². The molecule has 1 N–H and O–H groups in total. The van der Waals surface area contributed by atoms with Crippen LogP contribution in [0.5, 0.6) is 5.75 Å². The van der Waals surface area contributed by atoms with Gasteiger partial charge in [-0.1, -0.05) is 0 Å². The first-order chi connectivity index (χ1) is 12.8. The molecular formula is C17H14F4N4O2. The summed E-state index contributed by atoms with van der Waals surface area (Å²) >= 11 is 0. The number of fused-ring (bicyclic) bond motifs is 4. The molecule has 2 aromatic heterocycles. The third kappa shape index (κ3) is 3.38. The van der Waals surface area contributed by atoms with Crippen LogP contribution in [0.4, 0.5) is 28.2 Å². The summed E-state index contributed by atoms with van der Waals surface area (Å²) in [7, 11) is 0. The Hall–Kier alpha value is -2.91. The first kappa shape index (κ1) is 17.5. The summed E-state index contributed by atoms with van der Waals surface area (Å²) in [4.78, 5) is 21.8. The zero-order valence-corrected chi connectivity index (χ0v) is 13.8. The number of carbonyl (C=O) groups excluding carboxylic acids is 1. The Balaban J connectivity index is 1.49. The summed E-state index contributed by atoms with van der Waals surface area (Å²) < 4.78 is 54.2. The van der Waals surface area contributed by atoms with Crippen molar-refractivity contribution in [3.05, 3.63) is 47.7 Å². The molecule has 0 aromatic carbocycles. The lowest BCUT2D eigenvalue weighted by atomic mass is 9.95. The molecule has 2 bridgehead atoms. The van der Waals surface area contributed by atoms with Crippen LogP contribution in [-0.2, 0) is 6.42 Å². The van der Waals surface area contributed by atoms with E-state index in [0.29, 0.717) is 18.4 Å². The Kier molecular flexibility index (Phi) is 4.12. The number of amides is 2. The molecular weight excluding hydrogens is 368 g/mol. The maximum absolute atomic E-state index is 13.9. The fourth-order valence-electron chi connectivity index (χ4n) is 3.75. The molecule has 4 heterocycles. The van der Waals surface area contributed by atoms with Gasteiger partial charge in [-0.15, -0.1) is 13.2 Å². The first-order valence-electron chi connectivity index (χ1n) is 8.26. The van der Waals surface area contributed by atoms with Crippen LogP contribution in [0.3, 0.4) is 0 Å². The predicted molar refractivity (Wildman–Crippen MR) is 85.4 cm³/mol. The molecule has 2 aliphatic heterocycles. The number of hydrogen-bond donors (Lipinski definition) is 1. The van der Waals surface area contributed by atoms with Crippen molar-refractivity contribution in [2.75, 3.05) is 5.32 Å². The quantitative estimate of drug-likeness (QED) is 0.634. The van der Waals surface area contributed by atoms with Gasteiger partial charge in [-0.25, -0.2) is 14.8 Å². The Morgan fingerprint density at radius 3 is 2.74 bits per heavy atom. The minimum Gasteiger partial charge on any atom is -0.404 e. The highest BCUT2D eigenvalue weighted by Crippen LogP contribution is 2.44. The van der Waals surface area contributed by atoms with Gasteiger partial charge in [0.15, 0.2) is 0 Å². The maximum Gasteiger partial charge on any atom is 0.573 e. The summed E-state index contributed by atoms with van der Waals surface area (Å²) in [6.07, 6.45) is -0.728. The number of pyridine rings is 2. The zero-order chi connectivity index (χ0) is 19.2. The van der Waals surface area contributed by atoms with Crippen LogP contribution in [0, 0.1) is 5.95 Å². The summed E-state index contributed by atoms with van der Waals surface area (Å²) in [5.74, 6) is -0.887. The van der Waals surface area contributed by atoms with Gasteiger partial charge in [-0.3, -0.25) is 5.32 Å². The van der Waals surface area contributed by atoms with Crippen LogP contribution in [0.2, 0.25) is 0 Å². The minimum absolute atomic E-state index is 0.0978. The van der Waals surface area contributed by atoms with Crippen LogP contribution >= 0.6 is 0 Å². The largest absolute Gasteiger partial charge is 0.573 e. The maximum atomic E-state index is 13.9. The smallest absolute Gasteiger partial charge is 0.404 e. The van der Waals surface area contributed by atoms with E-state index in [9.17, 15) is 22.4 Å². The summed E-state index contributed by atoms with van der Waals surface area (Å²) in [5, 5.41) is 2.58. The van der Waals surface area contributed by atoms with Crippen LogP contribution in [-0.4, -0.2) is 33.3 Å². The van der Waals surface area contributed by atoms with Crippen molar-refractivity contribution >= 4 is 11.8 Å². The van der Waals surface area contributed by atoms with E-state index in [1.807, 2.05) is 0 Å². The highest BCUT2D eigenvalue weighted by molar-refractivity contribution is 5.89. The first-order valence-corrected chi connectivity index (χ1v) is 8.26. The van der Waals surface area contributed by atoms with Crippen LogP contribution in [0.15, 0.2) is 30.6 Å². The normalized spacial score (nSPS) is 21.0. The van der Waals surface area contributed by atoms with Crippen molar-refractivity contribution in [1.29, 1.82) is 0 Å².